The average Bonchev–Trinajstić information content (AvgIpc) is 3.11. The molecule has 3 aromatic rings. The van der Waals surface area contributed by atoms with E-state index in [9.17, 15) is 13.6 Å². The first-order valence-corrected chi connectivity index (χ1v) is 10.5. The van der Waals surface area contributed by atoms with Crippen molar-refractivity contribution in [2.45, 2.75) is 38.5 Å². The summed E-state index contributed by atoms with van der Waals surface area (Å²) in [4.78, 5) is 17.5. The molecule has 2 aromatic carbocycles. The monoisotopic (exact) mass is 499 g/mol. The molecule has 0 bridgehead atoms. The van der Waals surface area contributed by atoms with Gasteiger partial charge in [-0.3, -0.25) is 4.79 Å². The minimum atomic E-state index is -0.369. The third-order valence-electron chi connectivity index (χ3n) is 4.84. The number of hydrogen-bond acceptors (Lipinski definition) is 5. The van der Waals surface area contributed by atoms with Crippen LogP contribution in [0.2, 0.25) is 0 Å². The lowest BCUT2D eigenvalue weighted by molar-refractivity contribution is 0.0980. The van der Waals surface area contributed by atoms with Crippen LogP contribution < -0.4 is 5.73 Å². The number of carbonyl (C=O) groups excluding carboxylic acids is 1. The Morgan fingerprint density at radius 3 is 2.19 bits per heavy atom. The van der Waals surface area contributed by atoms with Gasteiger partial charge in [0, 0.05) is 28.1 Å². The highest BCUT2D eigenvalue weighted by Gasteiger charge is 2.19. The van der Waals surface area contributed by atoms with E-state index in [-0.39, 0.29) is 48.1 Å². The summed E-state index contributed by atoms with van der Waals surface area (Å²) in [6, 6.07) is 11.6. The van der Waals surface area contributed by atoms with Gasteiger partial charge in [0.25, 0.3) is 0 Å². The molecule has 1 heterocycles. The summed E-state index contributed by atoms with van der Waals surface area (Å²) >= 11 is 1.38. The number of carbonyl (C=O) groups is 1. The fourth-order valence-electron chi connectivity index (χ4n) is 3.30. The molecular formula is C23H25Cl2F2N3OS. The van der Waals surface area contributed by atoms with Crippen molar-refractivity contribution in [2.24, 2.45) is 0 Å². The van der Waals surface area contributed by atoms with Crippen LogP contribution in [-0.4, -0.2) is 16.5 Å². The molecule has 1 atom stereocenters. The third kappa shape index (κ3) is 7.36. The number of rotatable bonds is 9. The van der Waals surface area contributed by atoms with E-state index in [1.165, 1.54) is 47.7 Å². The second-order valence-electron chi connectivity index (χ2n) is 7.26. The Morgan fingerprint density at radius 2 is 1.59 bits per heavy atom. The first kappa shape index (κ1) is 27.7. The van der Waals surface area contributed by atoms with Gasteiger partial charge in [0.1, 0.15) is 11.6 Å². The summed E-state index contributed by atoms with van der Waals surface area (Å²) in [5.41, 5.74) is 8.47. The molecule has 0 saturated heterocycles. The second-order valence-corrected chi connectivity index (χ2v) is 8.33. The first-order chi connectivity index (χ1) is 14.3. The number of nitrogens with two attached hydrogens (primary N) is 1. The number of nitrogen functional groups attached to an aromatic ring is 1. The predicted molar refractivity (Wildman–Crippen MR) is 132 cm³/mol. The zero-order valence-corrected chi connectivity index (χ0v) is 19.9. The largest absolute Gasteiger partial charge is 0.375 e. The molecule has 3 rings (SSSR count). The van der Waals surface area contributed by atoms with Crippen LogP contribution in [0.25, 0.3) is 11.3 Å². The Balaban J connectivity index is 0.00000256. The molecule has 0 fully saturated rings. The highest BCUT2D eigenvalue weighted by Crippen LogP contribution is 2.37. The number of thiazole rings is 1. The van der Waals surface area contributed by atoms with E-state index in [0.717, 1.165) is 16.1 Å². The lowest BCUT2D eigenvalue weighted by atomic mass is 9.95. The molecule has 1 aromatic heterocycles. The van der Waals surface area contributed by atoms with Crippen LogP contribution in [0.5, 0.6) is 0 Å². The Kier molecular flexibility index (Phi) is 10.9. The molecule has 0 radical (unpaired) electrons. The standard InChI is InChI=1S/C23H23F2N3OS.2ClH/c1-14(22-21(28-23(27)30-22)16-7-11-18(25)12-8-16)13-19(26)3-2-4-20(29)15-5-9-17(24)10-6-15;;/h5-12,14,26H,2-4,13H2,1H3,(H2,27,28);2*1H. The molecule has 172 valence electrons. The van der Waals surface area contributed by atoms with Crippen molar-refractivity contribution < 1.29 is 13.6 Å². The van der Waals surface area contributed by atoms with Crippen LogP contribution in [0.4, 0.5) is 13.9 Å². The average molecular weight is 500 g/mol. The first-order valence-electron chi connectivity index (χ1n) is 9.70. The van der Waals surface area contributed by atoms with Crippen molar-refractivity contribution in [1.82, 2.24) is 4.98 Å². The zero-order valence-electron chi connectivity index (χ0n) is 17.4. The van der Waals surface area contributed by atoms with Gasteiger partial charge in [-0.15, -0.1) is 36.2 Å². The maximum atomic E-state index is 13.2. The van der Waals surface area contributed by atoms with Crippen molar-refractivity contribution in [3.8, 4) is 11.3 Å². The summed E-state index contributed by atoms with van der Waals surface area (Å²) in [6.45, 7) is 2.01. The van der Waals surface area contributed by atoms with Crippen molar-refractivity contribution >= 4 is 52.8 Å². The number of hydrogen-bond donors (Lipinski definition) is 2. The molecule has 0 amide bonds. The lowest BCUT2D eigenvalue weighted by Gasteiger charge is -2.12. The zero-order chi connectivity index (χ0) is 21.7. The smallest absolute Gasteiger partial charge is 0.180 e. The number of halogens is 4. The van der Waals surface area contributed by atoms with Crippen LogP contribution in [0.1, 0.15) is 53.8 Å². The minimum absolute atomic E-state index is 0. The van der Waals surface area contributed by atoms with E-state index in [1.54, 1.807) is 12.1 Å². The highest BCUT2D eigenvalue weighted by atomic mass is 35.5. The fourth-order valence-corrected chi connectivity index (χ4v) is 4.21. The second kappa shape index (κ2) is 12.6. The van der Waals surface area contributed by atoms with E-state index in [0.29, 0.717) is 42.1 Å². The summed E-state index contributed by atoms with van der Waals surface area (Å²) in [5, 5.41) is 8.74. The van der Waals surface area contributed by atoms with Gasteiger partial charge in [-0.25, -0.2) is 13.8 Å². The Bertz CT molecular complexity index is 1040. The van der Waals surface area contributed by atoms with Gasteiger partial charge < -0.3 is 11.1 Å². The van der Waals surface area contributed by atoms with E-state index >= 15 is 0 Å². The van der Waals surface area contributed by atoms with Crippen molar-refractivity contribution in [3.63, 3.8) is 0 Å². The summed E-state index contributed by atoms with van der Waals surface area (Å²) in [7, 11) is 0. The normalized spacial score (nSPS) is 11.2. The van der Waals surface area contributed by atoms with Crippen LogP contribution >= 0.6 is 36.2 Å². The maximum absolute atomic E-state index is 13.2. The number of aromatic nitrogens is 1. The molecule has 0 saturated carbocycles. The van der Waals surface area contributed by atoms with Crippen LogP contribution in [-0.2, 0) is 0 Å². The summed E-state index contributed by atoms with van der Waals surface area (Å²) in [6.07, 6.45) is 1.92. The Labute approximate surface area is 202 Å². The van der Waals surface area contributed by atoms with Crippen LogP contribution in [0.3, 0.4) is 0 Å². The van der Waals surface area contributed by atoms with E-state index in [2.05, 4.69) is 4.98 Å². The molecule has 3 N–H and O–H groups in total. The SMILES string of the molecule is CC(CC(=N)CCCC(=O)c1ccc(F)cc1)c1sc(N)nc1-c1ccc(F)cc1.Cl.Cl. The van der Waals surface area contributed by atoms with E-state index in [4.69, 9.17) is 11.1 Å². The Morgan fingerprint density at radius 1 is 1.03 bits per heavy atom. The molecule has 0 aliphatic heterocycles. The number of ketones is 1. The minimum Gasteiger partial charge on any atom is -0.375 e. The summed E-state index contributed by atoms with van der Waals surface area (Å²) < 4.78 is 26.2. The summed E-state index contributed by atoms with van der Waals surface area (Å²) in [5.74, 6) is -0.704. The fraction of sp³-hybridized carbons (Fsp3) is 0.261. The molecule has 0 spiro atoms. The molecule has 1 unspecified atom stereocenters. The highest BCUT2D eigenvalue weighted by molar-refractivity contribution is 7.15. The number of nitrogens with zero attached hydrogens (tertiary/aromatic N) is 1. The van der Waals surface area contributed by atoms with Gasteiger partial charge >= 0.3 is 0 Å². The number of anilines is 1. The number of nitrogens with one attached hydrogen (secondary N) is 1. The van der Waals surface area contributed by atoms with Crippen LogP contribution in [0.15, 0.2) is 48.5 Å². The van der Waals surface area contributed by atoms with Gasteiger partial charge in [-0.05, 0) is 73.7 Å². The van der Waals surface area contributed by atoms with E-state index in [1.807, 2.05) is 6.92 Å². The topological polar surface area (TPSA) is 79.8 Å². The van der Waals surface area contributed by atoms with Crippen molar-refractivity contribution in [3.05, 3.63) is 70.6 Å². The van der Waals surface area contributed by atoms with Crippen molar-refractivity contribution in [1.29, 1.82) is 5.41 Å². The van der Waals surface area contributed by atoms with Gasteiger partial charge in [0.15, 0.2) is 10.9 Å². The molecule has 0 aliphatic rings. The maximum Gasteiger partial charge on any atom is 0.180 e. The van der Waals surface area contributed by atoms with Gasteiger partial charge in [0.2, 0.25) is 0 Å². The quantitative estimate of drug-likeness (QED) is 0.243. The molecule has 32 heavy (non-hydrogen) atoms. The van der Waals surface area contributed by atoms with Gasteiger partial charge in [-0.1, -0.05) is 6.92 Å². The van der Waals surface area contributed by atoms with E-state index < -0.39 is 0 Å². The third-order valence-corrected chi connectivity index (χ3v) is 5.95. The van der Waals surface area contributed by atoms with Crippen LogP contribution in [0, 0.1) is 17.0 Å². The molecule has 0 aliphatic carbocycles. The van der Waals surface area contributed by atoms with Crippen molar-refractivity contribution in [2.75, 3.05) is 5.73 Å². The number of benzene rings is 2. The Hall–Kier alpha value is -2.35. The predicted octanol–water partition coefficient (Wildman–Crippen LogP) is 7.08. The lowest BCUT2D eigenvalue weighted by Crippen LogP contribution is -2.05. The molecule has 4 nitrogen and oxygen atoms in total. The molecular weight excluding hydrogens is 475 g/mol. The number of Topliss-reactive ketones (excluding diaryl/α,β-unsaturated/α-hetero) is 1. The van der Waals surface area contributed by atoms with Gasteiger partial charge in [-0.2, -0.15) is 0 Å². The van der Waals surface area contributed by atoms with Gasteiger partial charge in [0.05, 0.1) is 5.69 Å². The molecule has 9 heteroatoms.